The molecule has 0 bridgehead atoms. The van der Waals surface area contributed by atoms with Crippen LogP contribution in [-0.4, -0.2) is 8.07 Å². The molecule has 262 valence electrons. The number of nitrogens with zero attached hydrogens (tertiary/aromatic N) is 1. The van der Waals surface area contributed by atoms with Crippen LogP contribution in [0, 0.1) is 0 Å². The molecule has 0 saturated carbocycles. The van der Waals surface area contributed by atoms with E-state index in [0.29, 0.717) is 0 Å². The van der Waals surface area contributed by atoms with Gasteiger partial charge in [0.25, 0.3) is 0 Å². The van der Waals surface area contributed by atoms with Gasteiger partial charge in [-0.05, 0) is 103 Å². The van der Waals surface area contributed by atoms with Crippen molar-refractivity contribution < 1.29 is 4.74 Å². The summed E-state index contributed by atoms with van der Waals surface area (Å²) in [7, 11) is -2.58. The molecule has 0 aliphatic heterocycles. The summed E-state index contributed by atoms with van der Waals surface area (Å²) in [5.41, 5.74) is 5.59. The lowest BCUT2D eigenvalue weighted by atomic mass is 10.0. The van der Waals surface area contributed by atoms with E-state index in [9.17, 15) is 0 Å². The fraction of sp³-hybridized carbons (Fsp3) is 0. The van der Waals surface area contributed by atoms with Crippen molar-refractivity contribution in [2.24, 2.45) is 0 Å². The average molecular weight is 722 g/mol. The third-order valence-electron chi connectivity index (χ3n) is 10.5. The smallest absolute Gasteiger partial charge is 0.179 e. The first kappa shape index (κ1) is 33.9. The van der Waals surface area contributed by atoms with Crippen LogP contribution in [0.3, 0.4) is 0 Å². The lowest BCUT2D eigenvalue weighted by Gasteiger charge is -2.34. The van der Waals surface area contributed by atoms with Crippen LogP contribution in [0.2, 0.25) is 0 Å². The van der Waals surface area contributed by atoms with E-state index in [-0.39, 0.29) is 0 Å². The van der Waals surface area contributed by atoms with Crippen molar-refractivity contribution in [3.05, 3.63) is 237 Å². The van der Waals surface area contributed by atoms with Gasteiger partial charge in [0.05, 0.1) is 0 Å². The zero-order chi connectivity index (χ0) is 36.9. The first-order chi connectivity index (χ1) is 27.3. The number of rotatable bonds is 10. The van der Waals surface area contributed by atoms with E-state index in [4.69, 9.17) is 4.74 Å². The van der Waals surface area contributed by atoms with Crippen LogP contribution in [0.15, 0.2) is 237 Å². The summed E-state index contributed by atoms with van der Waals surface area (Å²) >= 11 is 0. The zero-order valence-electron chi connectivity index (χ0n) is 30.4. The lowest BCUT2D eigenvalue weighted by molar-refractivity contribution is 0.483. The summed E-state index contributed by atoms with van der Waals surface area (Å²) in [4.78, 5) is 2.31. The molecule has 0 atom stereocenters. The molecule has 2 nitrogen and oxygen atoms in total. The zero-order valence-corrected chi connectivity index (χ0v) is 31.4. The minimum atomic E-state index is -2.58. The van der Waals surface area contributed by atoms with Gasteiger partial charge in [-0.15, -0.1) is 0 Å². The van der Waals surface area contributed by atoms with Gasteiger partial charge in [-0.3, -0.25) is 0 Å². The molecule has 0 fully saturated rings. The van der Waals surface area contributed by atoms with Gasteiger partial charge in [-0.1, -0.05) is 176 Å². The average Bonchev–Trinajstić information content (AvgIpc) is 3.27. The fourth-order valence-electron chi connectivity index (χ4n) is 7.83. The Labute approximate surface area is 324 Å². The standard InChI is InChI=1S/C52H39NOSi/c1-5-17-47(18-6-1)54-48-35-33-45(34-36-48)53(46-32-27-40-15-13-14-16-43(40)39-46)44-30-25-41(26-31-44)42-28-37-52(38-29-42)55(49-19-7-2-8-20-49,50-21-9-3-10-22-50)51-23-11-4-12-24-51/h1-39H. The summed E-state index contributed by atoms with van der Waals surface area (Å²) in [6.07, 6.45) is 0. The van der Waals surface area contributed by atoms with Crippen LogP contribution in [0.5, 0.6) is 11.5 Å². The number of fused-ring (bicyclic) bond motifs is 1. The summed E-state index contributed by atoms with van der Waals surface area (Å²) in [6, 6.07) is 84.9. The van der Waals surface area contributed by atoms with E-state index in [0.717, 1.165) is 28.6 Å². The van der Waals surface area contributed by atoms with Crippen LogP contribution in [0.1, 0.15) is 0 Å². The van der Waals surface area contributed by atoms with E-state index in [1.807, 2.05) is 42.5 Å². The Kier molecular flexibility index (Phi) is 9.35. The largest absolute Gasteiger partial charge is 0.457 e. The van der Waals surface area contributed by atoms with E-state index in [2.05, 4.69) is 199 Å². The predicted octanol–water partition coefficient (Wildman–Crippen LogP) is 11.1. The number of anilines is 3. The number of benzene rings is 9. The number of para-hydroxylation sites is 1. The highest BCUT2D eigenvalue weighted by Crippen LogP contribution is 2.38. The summed E-state index contributed by atoms with van der Waals surface area (Å²) in [5, 5.41) is 7.90. The monoisotopic (exact) mass is 721 g/mol. The molecule has 0 N–H and O–H groups in total. The maximum Gasteiger partial charge on any atom is 0.179 e. The molecule has 3 heteroatoms. The second-order valence-electron chi connectivity index (χ2n) is 13.7. The minimum Gasteiger partial charge on any atom is -0.457 e. The molecule has 0 unspecified atom stereocenters. The minimum absolute atomic E-state index is 0.797. The lowest BCUT2D eigenvalue weighted by Crippen LogP contribution is -2.74. The Balaban J connectivity index is 1.08. The molecule has 9 aromatic carbocycles. The number of ether oxygens (including phenoxy) is 1. The van der Waals surface area contributed by atoms with Crippen molar-refractivity contribution >= 4 is 56.7 Å². The molecule has 0 aliphatic carbocycles. The third-order valence-corrected chi connectivity index (χ3v) is 15.3. The van der Waals surface area contributed by atoms with Gasteiger partial charge in [0.1, 0.15) is 11.5 Å². The first-order valence-corrected chi connectivity index (χ1v) is 20.8. The molecule has 55 heavy (non-hydrogen) atoms. The molecule has 9 rings (SSSR count). The van der Waals surface area contributed by atoms with Crippen molar-refractivity contribution in [1.29, 1.82) is 0 Å². The highest BCUT2D eigenvalue weighted by Gasteiger charge is 2.41. The molecule has 9 aromatic rings. The molecule has 0 spiro atoms. The molecule has 0 aromatic heterocycles. The summed E-state index contributed by atoms with van der Waals surface area (Å²) in [6.45, 7) is 0. The van der Waals surface area contributed by atoms with E-state index >= 15 is 0 Å². The van der Waals surface area contributed by atoms with Crippen LogP contribution in [0.4, 0.5) is 17.1 Å². The number of hydrogen-bond acceptors (Lipinski definition) is 2. The summed E-state index contributed by atoms with van der Waals surface area (Å²) < 4.78 is 6.14. The molecule has 0 heterocycles. The molecule has 0 amide bonds. The van der Waals surface area contributed by atoms with E-state index in [1.54, 1.807) is 0 Å². The first-order valence-electron chi connectivity index (χ1n) is 18.8. The SMILES string of the molecule is c1ccc(Oc2ccc(N(c3ccc(-c4ccc([Si](c5ccccc5)(c5ccccc5)c5ccccc5)cc4)cc3)c3ccc4ccccc4c3)cc2)cc1. The molecular weight excluding hydrogens is 683 g/mol. The van der Waals surface area contributed by atoms with Gasteiger partial charge in [-0.25, -0.2) is 0 Å². The maximum absolute atomic E-state index is 6.14. The molecular formula is C52H39NOSi. The maximum atomic E-state index is 6.14. The summed E-state index contributed by atoms with van der Waals surface area (Å²) in [5.74, 6) is 1.62. The highest BCUT2D eigenvalue weighted by atomic mass is 28.3. The second-order valence-corrected chi connectivity index (χ2v) is 17.6. The fourth-order valence-corrected chi connectivity index (χ4v) is 12.6. The van der Waals surface area contributed by atoms with Crippen LogP contribution in [-0.2, 0) is 0 Å². The van der Waals surface area contributed by atoms with Gasteiger partial charge >= 0.3 is 0 Å². The van der Waals surface area contributed by atoms with Gasteiger partial charge < -0.3 is 9.64 Å². The van der Waals surface area contributed by atoms with Crippen molar-refractivity contribution in [3.63, 3.8) is 0 Å². The quantitative estimate of drug-likeness (QED) is 0.103. The Morgan fingerprint density at radius 3 is 1.20 bits per heavy atom. The van der Waals surface area contributed by atoms with Gasteiger partial charge in [0, 0.05) is 17.1 Å². The van der Waals surface area contributed by atoms with Gasteiger partial charge in [0.2, 0.25) is 0 Å². The third kappa shape index (κ3) is 6.74. The molecule has 0 saturated heterocycles. The Hall–Kier alpha value is -6.94. The second kappa shape index (κ2) is 15.2. The van der Waals surface area contributed by atoms with Crippen molar-refractivity contribution in [1.82, 2.24) is 0 Å². The molecule has 0 aliphatic rings. The van der Waals surface area contributed by atoms with Crippen LogP contribution < -0.4 is 30.4 Å². The normalized spacial score (nSPS) is 11.3. The van der Waals surface area contributed by atoms with E-state index in [1.165, 1.54) is 42.6 Å². The van der Waals surface area contributed by atoms with Crippen molar-refractivity contribution in [3.8, 4) is 22.6 Å². The van der Waals surface area contributed by atoms with Crippen LogP contribution >= 0.6 is 0 Å². The van der Waals surface area contributed by atoms with Gasteiger partial charge in [0.15, 0.2) is 8.07 Å². The van der Waals surface area contributed by atoms with Crippen LogP contribution in [0.25, 0.3) is 21.9 Å². The Morgan fingerprint density at radius 1 is 0.291 bits per heavy atom. The van der Waals surface area contributed by atoms with Gasteiger partial charge in [-0.2, -0.15) is 0 Å². The van der Waals surface area contributed by atoms with Crippen molar-refractivity contribution in [2.45, 2.75) is 0 Å². The number of hydrogen-bond donors (Lipinski definition) is 0. The highest BCUT2D eigenvalue weighted by molar-refractivity contribution is 7.19. The Bertz CT molecular complexity index is 2530. The topological polar surface area (TPSA) is 12.5 Å². The molecule has 0 radical (unpaired) electrons. The van der Waals surface area contributed by atoms with Crippen molar-refractivity contribution in [2.75, 3.05) is 4.90 Å². The van der Waals surface area contributed by atoms with E-state index < -0.39 is 8.07 Å². The Morgan fingerprint density at radius 2 is 0.673 bits per heavy atom. The predicted molar refractivity (Wildman–Crippen MR) is 234 cm³/mol.